The fraction of sp³-hybridized carbons (Fsp3) is 0.350. The quantitative estimate of drug-likeness (QED) is 0.0202. The molecule has 0 aliphatic carbocycles. The molecule has 0 bridgehead atoms. The van der Waals surface area contributed by atoms with Crippen LogP contribution >= 0.6 is 27.7 Å². The molecule has 66 heavy (non-hydrogen) atoms. The second kappa shape index (κ2) is 23.1. The van der Waals surface area contributed by atoms with Gasteiger partial charge in [-0.1, -0.05) is 15.9 Å². The summed E-state index contributed by atoms with van der Waals surface area (Å²) in [7, 11) is 6.46. The first-order valence-corrected chi connectivity index (χ1v) is 21.8. The molecule has 4 aromatic heterocycles. The van der Waals surface area contributed by atoms with Crippen molar-refractivity contribution in [2.45, 2.75) is 42.6 Å². The molecule has 26 heteroatoms. The molecule has 0 aromatic carbocycles. The van der Waals surface area contributed by atoms with E-state index in [9.17, 15) is 43.2 Å². The summed E-state index contributed by atoms with van der Waals surface area (Å²) in [5, 5.41) is 40.8. The highest BCUT2D eigenvalue weighted by atomic mass is 79.9. The Morgan fingerprint density at radius 2 is 1.11 bits per heavy atom. The third-order valence-electron chi connectivity index (χ3n) is 9.56. The van der Waals surface area contributed by atoms with Gasteiger partial charge >= 0.3 is 11.9 Å². The van der Waals surface area contributed by atoms with Gasteiger partial charge in [0.25, 0.3) is 17.7 Å². The van der Waals surface area contributed by atoms with E-state index in [1.54, 1.807) is 45.2 Å². The predicted octanol–water partition coefficient (Wildman–Crippen LogP) is 1.01. The van der Waals surface area contributed by atoms with Gasteiger partial charge in [0.2, 0.25) is 17.7 Å². The number of ketones is 1. The predicted molar refractivity (Wildman–Crippen MR) is 247 cm³/mol. The number of nitrogens with two attached hydrogens (primary N) is 2. The highest BCUT2D eigenvalue weighted by Gasteiger charge is 2.25. The standard InChI is InChI=1S/C40H50BrN13O11S/c1-51-14-20(9-27(51)31(55)6-7-32(43)44)47-37(61)29-11-22(16-53(29)3)49-39(63)30-12-23(17-54(30)4)48-38(62)28-10-21(15-52(28)2)46-35(59)24(41)18-66-19-26(36(60)45-13-34(57)58)50-33(56)8-5-25(42)40(64)65/h9-12,14-17,24-26H,5-8,13,18-19,42H2,1-4H3,(H3,43,44)(H,45,60)(H,46,59)(H,47,61)(H,48,62)(H,49,63)(H,50,56)(H,57,58)(H,64,65). The number of hydrogen-bond acceptors (Lipinski definition) is 12. The van der Waals surface area contributed by atoms with E-state index >= 15 is 0 Å². The van der Waals surface area contributed by atoms with Crippen LogP contribution in [0.15, 0.2) is 49.1 Å². The van der Waals surface area contributed by atoms with Gasteiger partial charge in [-0.25, -0.2) is 0 Å². The van der Waals surface area contributed by atoms with Crippen LogP contribution < -0.4 is 43.4 Å². The number of carbonyl (C=O) groups is 9. The van der Waals surface area contributed by atoms with Crippen molar-refractivity contribution in [1.82, 2.24) is 28.9 Å². The molecule has 0 radical (unpaired) electrons. The van der Waals surface area contributed by atoms with Crippen LogP contribution in [-0.2, 0) is 52.2 Å². The van der Waals surface area contributed by atoms with Gasteiger partial charge in [0.15, 0.2) is 5.78 Å². The van der Waals surface area contributed by atoms with E-state index in [-0.39, 0.29) is 77.3 Å². The lowest BCUT2D eigenvalue weighted by atomic mass is 10.1. The van der Waals surface area contributed by atoms with Crippen molar-refractivity contribution < 1.29 is 53.4 Å². The summed E-state index contributed by atoms with van der Waals surface area (Å²) in [5.74, 6) is -6.54. The molecule has 4 rings (SSSR count). The van der Waals surface area contributed by atoms with E-state index in [0.717, 1.165) is 11.8 Å². The van der Waals surface area contributed by atoms with Crippen LogP contribution in [0.5, 0.6) is 0 Å². The monoisotopic (exact) mass is 999 g/mol. The minimum absolute atomic E-state index is 0.0498. The number of carboxylic acid groups (broad SMARTS) is 2. The summed E-state index contributed by atoms with van der Waals surface area (Å²) in [6.45, 7) is -0.707. The Hall–Kier alpha value is -7.19. The lowest BCUT2D eigenvalue weighted by Crippen LogP contribution is -2.49. The maximum absolute atomic E-state index is 13.4. The van der Waals surface area contributed by atoms with Gasteiger partial charge < -0.3 is 71.8 Å². The molecule has 0 fully saturated rings. The lowest BCUT2D eigenvalue weighted by Gasteiger charge is -2.19. The summed E-state index contributed by atoms with van der Waals surface area (Å²) in [5.41, 5.74) is 12.9. The van der Waals surface area contributed by atoms with Crippen LogP contribution in [0, 0.1) is 5.41 Å². The number of hydrogen-bond donors (Lipinski definition) is 11. The van der Waals surface area contributed by atoms with Gasteiger partial charge in [0.1, 0.15) is 40.5 Å². The summed E-state index contributed by atoms with van der Waals surface area (Å²) in [6.07, 6.45) is 5.81. The van der Waals surface area contributed by atoms with Crippen molar-refractivity contribution in [3.8, 4) is 0 Å². The molecule has 0 saturated heterocycles. The van der Waals surface area contributed by atoms with Crippen LogP contribution in [0.2, 0.25) is 0 Å². The molecule has 354 valence electrons. The van der Waals surface area contributed by atoms with Gasteiger partial charge in [0.05, 0.1) is 34.3 Å². The van der Waals surface area contributed by atoms with Gasteiger partial charge in [0, 0.05) is 83.7 Å². The number of nitrogens with zero attached hydrogens (tertiary/aromatic N) is 4. The number of aliphatic carboxylic acids is 2. The number of thioether (sulfide) groups is 1. The number of halogens is 1. The zero-order chi connectivity index (χ0) is 49.0. The second-order valence-electron chi connectivity index (χ2n) is 14.9. The Kier molecular flexibility index (Phi) is 18.0. The highest BCUT2D eigenvalue weighted by Crippen LogP contribution is 2.22. The van der Waals surface area contributed by atoms with Crippen molar-refractivity contribution in [3.63, 3.8) is 0 Å². The van der Waals surface area contributed by atoms with Gasteiger partial charge in [-0.3, -0.25) is 48.6 Å². The number of amides is 6. The Morgan fingerprint density at radius 1 is 0.667 bits per heavy atom. The van der Waals surface area contributed by atoms with Crippen LogP contribution in [0.1, 0.15) is 67.6 Å². The van der Waals surface area contributed by atoms with Crippen molar-refractivity contribution in [2.75, 3.05) is 39.3 Å². The van der Waals surface area contributed by atoms with Gasteiger partial charge in [-0.2, -0.15) is 11.8 Å². The first kappa shape index (κ1) is 51.4. The molecule has 3 unspecified atom stereocenters. The van der Waals surface area contributed by atoms with Crippen LogP contribution in [0.25, 0.3) is 0 Å². The third-order valence-corrected chi connectivity index (χ3v) is 11.9. The van der Waals surface area contributed by atoms with E-state index in [0.29, 0.717) is 17.1 Å². The molecule has 13 N–H and O–H groups in total. The molecule has 0 spiro atoms. The number of alkyl halides is 1. The molecular weight excluding hydrogens is 950 g/mol. The summed E-state index contributed by atoms with van der Waals surface area (Å²) >= 11 is 4.38. The van der Waals surface area contributed by atoms with Gasteiger partial charge in [-0.05, 0) is 30.7 Å². The molecule has 0 saturated carbocycles. The summed E-state index contributed by atoms with van der Waals surface area (Å²) in [6, 6.07) is 3.37. The summed E-state index contributed by atoms with van der Waals surface area (Å²) in [4.78, 5) is 112. The fourth-order valence-electron chi connectivity index (χ4n) is 6.18. The average Bonchev–Trinajstić information content (AvgIpc) is 4.01. The lowest BCUT2D eigenvalue weighted by molar-refractivity contribution is -0.139. The first-order chi connectivity index (χ1) is 31.0. The number of aryl methyl sites for hydroxylation is 4. The number of rotatable bonds is 24. The molecular formula is C40H50BrN13O11S. The van der Waals surface area contributed by atoms with Crippen LogP contribution in [0.4, 0.5) is 22.7 Å². The highest BCUT2D eigenvalue weighted by molar-refractivity contribution is 9.10. The SMILES string of the molecule is Cn1cc(NC(=O)c2cc(NC(=O)c3cc(NC(=O)c4cc(NC(=O)C(Br)CSCC(NC(=O)CCC(N)C(=O)O)C(=O)NCC(=O)O)cn4C)cn3C)cn2C)cc1C(=O)CCC(=N)N. The van der Waals surface area contributed by atoms with E-state index in [1.807, 2.05) is 0 Å². The Labute approximate surface area is 389 Å². The topological polar surface area (TPSA) is 362 Å². The number of aromatic nitrogens is 4. The fourth-order valence-corrected chi connectivity index (χ4v) is 7.82. The van der Waals surface area contributed by atoms with Gasteiger partial charge in [-0.15, -0.1) is 0 Å². The van der Waals surface area contributed by atoms with Crippen LogP contribution in [-0.4, -0.2) is 122 Å². The molecule has 0 aliphatic heterocycles. The minimum Gasteiger partial charge on any atom is -0.480 e. The van der Waals surface area contributed by atoms with Crippen molar-refractivity contribution >= 4 is 109 Å². The normalized spacial score (nSPS) is 12.3. The van der Waals surface area contributed by atoms with E-state index in [4.69, 9.17) is 27.1 Å². The van der Waals surface area contributed by atoms with E-state index < -0.39 is 70.8 Å². The third kappa shape index (κ3) is 14.7. The molecule has 4 aromatic rings. The average molecular weight is 1000 g/mol. The Bertz CT molecular complexity index is 2540. The maximum Gasteiger partial charge on any atom is 0.322 e. The zero-order valence-corrected chi connectivity index (χ0v) is 38.5. The smallest absolute Gasteiger partial charge is 0.322 e. The maximum atomic E-state index is 13.4. The number of nitrogens with one attached hydrogen (secondary N) is 7. The number of carboxylic acids is 2. The molecule has 3 atom stereocenters. The van der Waals surface area contributed by atoms with Crippen molar-refractivity contribution in [3.05, 3.63) is 71.8 Å². The molecule has 6 amide bonds. The number of anilines is 4. The zero-order valence-electron chi connectivity index (χ0n) is 36.1. The van der Waals surface area contributed by atoms with Crippen molar-refractivity contribution in [1.29, 1.82) is 5.41 Å². The minimum atomic E-state index is -1.31. The van der Waals surface area contributed by atoms with Crippen molar-refractivity contribution in [2.24, 2.45) is 39.7 Å². The molecule has 0 aliphatic rings. The number of amidine groups is 1. The summed E-state index contributed by atoms with van der Waals surface area (Å²) < 4.78 is 6.05. The van der Waals surface area contributed by atoms with E-state index in [2.05, 4.69) is 47.8 Å². The first-order valence-electron chi connectivity index (χ1n) is 19.8. The Balaban J connectivity index is 1.30. The largest absolute Gasteiger partial charge is 0.480 e. The van der Waals surface area contributed by atoms with E-state index in [1.165, 1.54) is 50.4 Å². The van der Waals surface area contributed by atoms with Crippen LogP contribution in [0.3, 0.4) is 0 Å². The second-order valence-corrected chi connectivity index (χ2v) is 17.1. The number of carbonyl (C=O) groups excluding carboxylic acids is 7. The molecule has 4 heterocycles. The molecule has 24 nitrogen and oxygen atoms in total. The Morgan fingerprint density at radius 3 is 1.55 bits per heavy atom. The number of Topliss-reactive ketones (excluding diaryl/α,β-unsaturated/α-hetero) is 1.